The van der Waals surface area contributed by atoms with Crippen LogP contribution >= 0.6 is 11.3 Å². The molecule has 0 aliphatic rings. The van der Waals surface area contributed by atoms with Crippen molar-refractivity contribution in [2.45, 2.75) is 13.0 Å². The number of rotatable bonds is 7. The van der Waals surface area contributed by atoms with Gasteiger partial charge in [0.25, 0.3) is 0 Å². The molecule has 2 aromatic heterocycles. The molecule has 4 aromatic rings. The Labute approximate surface area is 191 Å². The average Bonchev–Trinajstić information content (AvgIpc) is 3.38. The van der Waals surface area contributed by atoms with Crippen molar-refractivity contribution < 1.29 is 9.53 Å². The number of aromatic nitrogens is 2. The van der Waals surface area contributed by atoms with Gasteiger partial charge in [-0.25, -0.2) is 9.78 Å². The summed E-state index contributed by atoms with van der Waals surface area (Å²) < 4.78 is 5.45. The zero-order chi connectivity index (χ0) is 22.3. The van der Waals surface area contributed by atoms with E-state index in [0.29, 0.717) is 5.57 Å². The number of carbonyl (C=O) groups excluding carboxylic acids is 1. The molecule has 0 bridgehead atoms. The molecule has 0 fully saturated rings. The minimum absolute atomic E-state index is 0.257. The van der Waals surface area contributed by atoms with Gasteiger partial charge in [0.15, 0.2) is 0 Å². The Morgan fingerprint density at radius 1 is 0.969 bits per heavy atom. The summed E-state index contributed by atoms with van der Waals surface area (Å²) >= 11 is 1.52. The van der Waals surface area contributed by atoms with Crippen molar-refractivity contribution in [1.29, 1.82) is 0 Å². The quantitative estimate of drug-likeness (QED) is 0.312. The lowest BCUT2D eigenvalue weighted by molar-refractivity contribution is -0.138. The van der Waals surface area contributed by atoms with Crippen molar-refractivity contribution in [2.75, 3.05) is 6.61 Å². The molecule has 0 amide bonds. The van der Waals surface area contributed by atoms with Crippen LogP contribution in [0.1, 0.15) is 29.7 Å². The van der Waals surface area contributed by atoms with E-state index < -0.39 is 12.0 Å². The topological polar surface area (TPSA) is 78.1 Å². The maximum Gasteiger partial charge on any atom is 0.336 e. The summed E-state index contributed by atoms with van der Waals surface area (Å²) in [5.74, 6) is -0.438. The van der Waals surface area contributed by atoms with E-state index >= 15 is 0 Å². The molecule has 32 heavy (non-hydrogen) atoms. The molecule has 2 aromatic carbocycles. The van der Waals surface area contributed by atoms with Gasteiger partial charge in [0.1, 0.15) is 5.01 Å². The van der Waals surface area contributed by atoms with Crippen LogP contribution in [0.5, 0.6) is 0 Å². The first-order chi connectivity index (χ1) is 15.7. The fraction of sp³-hybridized carbons (Fsp3) is 0.115. The second kappa shape index (κ2) is 10.1. The van der Waals surface area contributed by atoms with Gasteiger partial charge in [0.2, 0.25) is 0 Å². The van der Waals surface area contributed by atoms with Gasteiger partial charge in [-0.05, 0) is 29.7 Å². The zero-order valence-corrected chi connectivity index (χ0v) is 18.5. The molecule has 5 nitrogen and oxygen atoms in total. The molecule has 0 aliphatic carbocycles. The van der Waals surface area contributed by atoms with Crippen LogP contribution in [0.3, 0.4) is 0 Å². The largest absolute Gasteiger partial charge is 0.463 e. The molecule has 1 unspecified atom stereocenters. The molecule has 160 valence electrons. The van der Waals surface area contributed by atoms with Crippen molar-refractivity contribution in [3.8, 4) is 10.7 Å². The Balaban J connectivity index is 1.86. The standard InChI is InChI=1S/C26H23N3O2S/c1-2-31-26(30)23(22(18-9-5-3-6-10-18)19-11-7-4-8-12-19)24(27)20-13-14-21(29-17-20)25-28-15-16-32-25/h3-17,24H,2,27H2,1H3. The van der Waals surface area contributed by atoms with Crippen LogP contribution in [0, 0.1) is 0 Å². The first-order valence-corrected chi connectivity index (χ1v) is 11.2. The lowest BCUT2D eigenvalue weighted by atomic mass is 9.87. The number of esters is 1. The highest BCUT2D eigenvalue weighted by Crippen LogP contribution is 2.34. The van der Waals surface area contributed by atoms with Crippen molar-refractivity contribution in [3.05, 3.63) is 113 Å². The Bertz CT molecular complexity index is 1150. The van der Waals surface area contributed by atoms with Crippen molar-refractivity contribution in [3.63, 3.8) is 0 Å². The molecular formula is C26H23N3O2S. The first kappa shape index (κ1) is 21.6. The normalized spacial score (nSPS) is 11.6. The third-order valence-corrected chi connectivity index (χ3v) is 5.79. The van der Waals surface area contributed by atoms with E-state index in [4.69, 9.17) is 10.5 Å². The van der Waals surface area contributed by atoms with Gasteiger partial charge in [0, 0.05) is 23.3 Å². The summed E-state index contributed by atoms with van der Waals surface area (Å²) in [6, 6.07) is 22.6. The molecule has 1 atom stereocenters. The summed E-state index contributed by atoms with van der Waals surface area (Å²) in [6.07, 6.45) is 3.45. The summed E-state index contributed by atoms with van der Waals surface area (Å²) in [7, 11) is 0. The van der Waals surface area contributed by atoms with Gasteiger partial charge in [-0.15, -0.1) is 11.3 Å². The molecule has 2 N–H and O–H groups in total. The molecule has 6 heteroatoms. The Hall–Kier alpha value is -3.61. The van der Waals surface area contributed by atoms with Crippen LogP contribution in [0.25, 0.3) is 16.3 Å². The SMILES string of the molecule is CCOC(=O)C(=C(c1ccccc1)c1ccccc1)C(N)c1ccc(-c2nccs2)nc1. The maximum atomic E-state index is 13.2. The number of carbonyl (C=O) groups is 1. The molecule has 0 aliphatic heterocycles. The number of nitrogens with two attached hydrogens (primary N) is 1. The molecule has 0 radical (unpaired) electrons. The van der Waals surface area contributed by atoms with Gasteiger partial charge in [-0.2, -0.15) is 0 Å². The summed E-state index contributed by atoms with van der Waals surface area (Å²) in [5.41, 5.74) is 11.1. The Morgan fingerprint density at radius 3 is 2.12 bits per heavy atom. The highest BCUT2D eigenvalue weighted by molar-refractivity contribution is 7.13. The minimum atomic E-state index is -0.720. The third-order valence-electron chi connectivity index (χ3n) is 5.00. The van der Waals surface area contributed by atoms with E-state index in [0.717, 1.165) is 33.0 Å². The van der Waals surface area contributed by atoms with Gasteiger partial charge >= 0.3 is 5.97 Å². The Morgan fingerprint density at radius 2 is 1.62 bits per heavy atom. The van der Waals surface area contributed by atoms with Gasteiger partial charge < -0.3 is 10.5 Å². The zero-order valence-electron chi connectivity index (χ0n) is 17.6. The predicted octanol–water partition coefficient (Wildman–Crippen LogP) is 5.27. The van der Waals surface area contributed by atoms with Crippen LogP contribution in [-0.4, -0.2) is 22.5 Å². The molecule has 4 rings (SSSR count). The van der Waals surface area contributed by atoms with E-state index in [2.05, 4.69) is 9.97 Å². The van der Waals surface area contributed by atoms with E-state index in [9.17, 15) is 4.79 Å². The van der Waals surface area contributed by atoms with E-state index in [1.807, 2.05) is 78.2 Å². The second-order valence-electron chi connectivity index (χ2n) is 7.03. The van der Waals surface area contributed by atoms with E-state index in [1.165, 1.54) is 11.3 Å². The summed E-state index contributed by atoms with van der Waals surface area (Å²) in [6.45, 7) is 2.04. The van der Waals surface area contributed by atoms with E-state index in [-0.39, 0.29) is 6.61 Å². The number of thiazole rings is 1. The van der Waals surface area contributed by atoms with Crippen LogP contribution in [0.2, 0.25) is 0 Å². The van der Waals surface area contributed by atoms with E-state index in [1.54, 1.807) is 19.3 Å². The van der Waals surface area contributed by atoms with Crippen LogP contribution in [-0.2, 0) is 9.53 Å². The predicted molar refractivity (Wildman–Crippen MR) is 128 cm³/mol. The summed E-state index contributed by atoms with van der Waals surface area (Å²) in [5, 5.41) is 2.74. The van der Waals surface area contributed by atoms with Crippen molar-refractivity contribution >= 4 is 22.9 Å². The molecule has 2 heterocycles. The lowest BCUT2D eigenvalue weighted by Crippen LogP contribution is -2.23. The fourth-order valence-corrected chi connectivity index (χ4v) is 4.13. The average molecular weight is 442 g/mol. The van der Waals surface area contributed by atoms with Crippen molar-refractivity contribution in [1.82, 2.24) is 9.97 Å². The number of hydrogen-bond donors (Lipinski definition) is 1. The number of ether oxygens (including phenoxy) is 1. The number of benzene rings is 2. The number of hydrogen-bond acceptors (Lipinski definition) is 6. The monoisotopic (exact) mass is 441 g/mol. The smallest absolute Gasteiger partial charge is 0.336 e. The highest BCUT2D eigenvalue weighted by atomic mass is 32.1. The molecule has 0 saturated carbocycles. The van der Waals surface area contributed by atoms with Gasteiger partial charge in [-0.1, -0.05) is 66.7 Å². The fourth-order valence-electron chi connectivity index (χ4n) is 3.51. The molecule has 0 spiro atoms. The molecular weight excluding hydrogens is 418 g/mol. The molecule has 0 saturated heterocycles. The number of nitrogens with zero attached hydrogens (tertiary/aromatic N) is 2. The minimum Gasteiger partial charge on any atom is -0.463 e. The second-order valence-corrected chi connectivity index (χ2v) is 7.93. The third kappa shape index (κ3) is 4.66. The van der Waals surface area contributed by atoms with Crippen molar-refractivity contribution in [2.24, 2.45) is 5.73 Å². The lowest BCUT2D eigenvalue weighted by Gasteiger charge is -2.21. The number of pyridine rings is 1. The van der Waals surface area contributed by atoms with Crippen LogP contribution in [0.15, 0.2) is 96.1 Å². The van der Waals surface area contributed by atoms with Crippen LogP contribution in [0.4, 0.5) is 0 Å². The highest BCUT2D eigenvalue weighted by Gasteiger charge is 2.27. The maximum absolute atomic E-state index is 13.2. The summed E-state index contributed by atoms with van der Waals surface area (Å²) in [4.78, 5) is 22.0. The van der Waals surface area contributed by atoms with Gasteiger partial charge in [0.05, 0.1) is 23.9 Å². The van der Waals surface area contributed by atoms with Crippen LogP contribution < -0.4 is 5.73 Å². The van der Waals surface area contributed by atoms with Gasteiger partial charge in [-0.3, -0.25) is 4.98 Å². The first-order valence-electron chi connectivity index (χ1n) is 10.3. The Kier molecular flexibility index (Phi) is 6.84.